The smallest absolute Gasteiger partial charge is 0.227 e. The van der Waals surface area contributed by atoms with Crippen molar-refractivity contribution < 1.29 is 8.83 Å². The first-order valence-electron chi connectivity index (χ1n) is 17.1. The molecule has 10 rings (SSSR count). The Morgan fingerprint density at radius 3 is 1.86 bits per heavy atom. The van der Waals surface area contributed by atoms with E-state index in [1.807, 2.05) is 54.6 Å². The first-order chi connectivity index (χ1) is 25.3. The van der Waals surface area contributed by atoms with E-state index in [4.69, 9.17) is 13.8 Å². The maximum Gasteiger partial charge on any atom is 0.227 e. The molecule has 4 heteroatoms. The molecule has 0 N–H and O–H groups in total. The number of aromatic nitrogens is 1. The van der Waals surface area contributed by atoms with Gasteiger partial charge in [0.2, 0.25) is 5.89 Å². The van der Waals surface area contributed by atoms with Gasteiger partial charge in [0.1, 0.15) is 16.8 Å². The highest BCUT2D eigenvalue weighted by Crippen LogP contribution is 2.48. The molecule has 0 fully saturated rings. The third-order valence-electron chi connectivity index (χ3n) is 9.66. The van der Waals surface area contributed by atoms with Gasteiger partial charge < -0.3 is 13.7 Å². The number of para-hydroxylation sites is 1. The molecule has 0 spiro atoms. The summed E-state index contributed by atoms with van der Waals surface area (Å²) in [7, 11) is 0. The maximum absolute atomic E-state index is 6.75. The number of anilines is 3. The number of oxazole rings is 1. The fourth-order valence-corrected chi connectivity index (χ4v) is 7.17. The quantitative estimate of drug-likeness (QED) is 0.179. The SMILES string of the molecule is c1ccc(-c2cccc(N(c3ccc(-c4ccc5ccccc5c4)cc3)c3c4oc(-c5ccccc5)nc4cc4c3oc3ccccc34)c2)cc1. The molecule has 0 saturated heterocycles. The molecule has 0 aliphatic heterocycles. The van der Waals surface area contributed by atoms with Gasteiger partial charge in [0.25, 0.3) is 0 Å². The summed E-state index contributed by atoms with van der Waals surface area (Å²) in [5.41, 5.74) is 11.2. The summed E-state index contributed by atoms with van der Waals surface area (Å²) in [4.78, 5) is 7.31. The van der Waals surface area contributed by atoms with Crippen LogP contribution in [0.3, 0.4) is 0 Å². The Bertz CT molecular complexity index is 2850. The monoisotopic (exact) mass is 654 g/mol. The molecule has 10 aromatic rings. The van der Waals surface area contributed by atoms with Gasteiger partial charge in [-0.15, -0.1) is 0 Å². The van der Waals surface area contributed by atoms with Gasteiger partial charge in [-0.05, 0) is 87.6 Å². The number of fused-ring (bicyclic) bond motifs is 5. The lowest BCUT2D eigenvalue weighted by molar-refractivity contribution is 0.618. The lowest BCUT2D eigenvalue weighted by Crippen LogP contribution is -2.11. The summed E-state index contributed by atoms with van der Waals surface area (Å²) in [6.45, 7) is 0. The third-order valence-corrected chi connectivity index (χ3v) is 9.66. The average Bonchev–Trinajstić information content (AvgIpc) is 3.80. The molecular weight excluding hydrogens is 625 g/mol. The average molecular weight is 655 g/mol. The highest BCUT2D eigenvalue weighted by atomic mass is 16.4. The maximum atomic E-state index is 6.75. The Hall–Kier alpha value is -6.91. The predicted octanol–water partition coefficient (Wildman–Crippen LogP) is 13.4. The van der Waals surface area contributed by atoms with E-state index in [0.29, 0.717) is 11.5 Å². The van der Waals surface area contributed by atoms with Crippen molar-refractivity contribution in [3.05, 3.63) is 182 Å². The van der Waals surface area contributed by atoms with Crippen molar-refractivity contribution in [3.63, 3.8) is 0 Å². The zero-order valence-electron chi connectivity index (χ0n) is 27.5. The number of hydrogen-bond acceptors (Lipinski definition) is 4. The van der Waals surface area contributed by atoms with Crippen LogP contribution in [-0.2, 0) is 0 Å². The molecule has 0 radical (unpaired) electrons. The molecule has 4 nitrogen and oxygen atoms in total. The largest absolute Gasteiger partial charge is 0.454 e. The molecule has 8 aromatic carbocycles. The molecule has 51 heavy (non-hydrogen) atoms. The number of furan rings is 1. The normalized spacial score (nSPS) is 11.5. The van der Waals surface area contributed by atoms with Crippen LogP contribution in [0, 0.1) is 0 Å². The molecule has 240 valence electrons. The highest BCUT2D eigenvalue weighted by molar-refractivity contribution is 6.17. The molecular formula is C47H30N2O2. The molecule has 0 unspecified atom stereocenters. The first-order valence-corrected chi connectivity index (χ1v) is 17.1. The minimum atomic E-state index is 0.563. The van der Waals surface area contributed by atoms with Crippen LogP contribution in [0.1, 0.15) is 0 Å². The molecule has 0 bridgehead atoms. The van der Waals surface area contributed by atoms with Crippen molar-refractivity contribution in [3.8, 4) is 33.7 Å². The molecule has 0 atom stereocenters. The first kappa shape index (κ1) is 29.0. The zero-order valence-corrected chi connectivity index (χ0v) is 27.5. The fourth-order valence-electron chi connectivity index (χ4n) is 7.17. The summed E-state index contributed by atoms with van der Waals surface area (Å²) in [5.74, 6) is 0.563. The van der Waals surface area contributed by atoms with Crippen molar-refractivity contribution in [2.24, 2.45) is 0 Å². The third kappa shape index (κ3) is 5.04. The van der Waals surface area contributed by atoms with Crippen molar-refractivity contribution >= 4 is 60.9 Å². The van der Waals surface area contributed by atoms with Crippen LogP contribution in [0.4, 0.5) is 17.1 Å². The van der Waals surface area contributed by atoms with E-state index in [9.17, 15) is 0 Å². The standard InChI is InChI=1S/C47H30N2O2/c1-3-12-31(13-4-1)36-18-11-19-39(29-36)49(38-26-24-33(25-27-38)37-23-22-32-14-7-8-17-35(32)28-37)44-45-41(40-20-9-10-21-43(40)50-45)30-42-46(44)51-47(48-42)34-15-5-2-6-16-34/h1-30H. The van der Waals surface area contributed by atoms with Gasteiger partial charge in [0.05, 0.1) is 0 Å². The van der Waals surface area contributed by atoms with E-state index < -0.39 is 0 Å². The van der Waals surface area contributed by atoms with Crippen LogP contribution in [-0.4, -0.2) is 4.98 Å². The van der Waals surface area contributed by atoms with E-state index in [1.165, 1.54) is 16.3 Å². The van der Waals surface area contributed by atoms with Gasteiger partial charge >= 0.3 is 0 Å². The number of benzene rings is 8. The van der Waals surface area contributed by atoms with Crippen LogP contribution in [0.15, 0.2) is 191 Å². The lowest BCUT2D eigenvalue weighted by Gasteiger charge is -2.26. The van der Waals surface area contributed by atoms with Gasteiger partial charge in [-0.25, -0.2) is 4.98 Å². The zero-order chi connectivity index (χ0) is 33.7. The van der Waals surface area contributed by atoms with E-state index in [2.05, 4.69) is 132 Å². The van der Waals surface area contributed by atoms with E-state index in [0.717, 1.165) is 66.8 Å². The Labute approximate surface area is 294 Å². The van der Waals surface area contributed by atoms with Gasteiger partial charge in [-0.2, -0.15) is 0 Å². The summed E-state index contributed by atoms with van der Waals surface area (Å²) < 4.78 is 13.5. The van der Waals surface area contributed by atoms with Crippen LogP contribution in [0.25, 0.3) is 77.5 Å². The van der Waals surface area contributed by atoms with Crippen LogP contribution in [0.2, 0.25) is 0 Å². The van der Waals surface area contributed by atoms with Crippen molar-refractivity contribution in [2.75, 3.05) is 4.90 Å². The van der Waals surface area contributed by atoms with E-state index in [1.54, 1.807) is 0 Å². The highest BCUT2D eigenvalue weighted by Gasteiger charge is 2.27. The van der Waals surface area contributed by atoms with Gasteiger partial charge in [0, 0.05) is 27.7 Å². The minimum absolute atomic E-state index is 0.563. The van der Waals surface area contributed by atoms with Crippen LogP contribution in [0.5, 0.6) is 0 Å². The number of hydrogen-bond donors (Lipinski definition) is 0. The molecule has 2 heterocycles. The Balaban J connectivity index is 1.23. The number of rotatable bonds is 6. The second-order valence-electron chi connectivity index (χ2n) is 12.8. The van der Waals surface area contributed by atoms with Crippen molar-refractivity contribution in [1.29, 1.82) is 0 Å². The molecule has 0 saturated carbocycles. The van der Waals surface area contributed by atoms with E-state index in [-0.39, 0.29) is 0 Å². The molecule has 0 aliphatic rings. The summed E-state index contributed by atoms with van der Waals surface area (Å²) >= 11 is 0. The molecule has 0 amide bonds. The van der Waals surface area contributed by atoms with Crippen LogP contribution >= 0.6 is 0 Å². The second kappa shape index (κ2) is 11.9. The van der Waals surface area contributed by atoms with Gasteiger partial charge in [-0.3, -0.25) is 0 Å². The fraction of sp³-hybridized carbons (Fsp3) is 0. The van der Waals surface area contributed by atoms with Crippen molar-refractivity contribution in [1.82, 2.24) is 4.98 Å². The minimum Gasteiger partial charge on any atom is -0.454 e. The second-order valence-corrected chi connectivity index (χ2v) is 12.8. The summed E-state index contributed by atoms with van der Waals surface area (Å²) in [5, 5.41) is 4.46. The summed E-state index contributed by atoms with van der Waals surface area (Å²) in [6, 6.07) is 63.3. The Kier molecular flexibility index (Phi) is 6.78. The van der Waals surface area contributed by atoms with Gasteiger partial charge in [0.15, 0.2) is 11.2 Å². The molecule has 0 aliphatic carbocycles. The van der Waals surface area contributed by atoms with Crippen LogP contribution < -0.4 is 4.90 Å². The lowest BCUT2D eigenvalue weighted by atomic mass is 10.0. The summed E-state index contributed by atoms with van der Waals surface area (Å²) in [6.07, 6.45) is 0. The van der Waals surface area contributed by atoms with E-state index >= 15 is 0 Å². The predicted molar refractivity (Wildman–Crippen MR) is 210 cm³/mol. The Morgan fingerprint density at radius 2 is 1.04 bits per heavy atom. The van der Waals surface area contributed by atoms with Gasteiger partial charge in [-0.1, -0.05) is 127 Å². The molecule has 2 aromatic heterocycles. The Morgan fingerprint density at radius 1 is 0.392 bits per heavy atom. The van der Waals surface area contributed by atoms with Crippen molar-refractivity contribution in [2.45, 2.75) is 0 Å². The number of nitrogens with zero attached hydrogens (tertiary/aromatic N) is 2. The topological polar surface area (TPSA) is 42.4 Å².